The van der Waals surface area contributed by atoms with Gasteiger partial charge in [-0.2, -0.15) is 21.6 Å². The lowest BCUT2D eigenvalue weighted by Gasteiger charge is -2.24. The number of quaternary nitrogens is 1. The fraction of sp³-hybridized carbons (Fsp3) is 0.286. The second kappa shape index (κ2) is 6.23. The highest BCUT2D eigenvalue weighted by atomic mass is 32.2. The van der Waals surface area contributed by atoms with Crippen molar-refractivity contribution in [1.29, 1.82) is 0 Å². The summed E-state index contributed by atoms with van der Waals surface area (Å²) in [5.41, 5.74) is -4.17. The van der Waals surface area contributed by atoms with Crippen LogP contribution >= 0.6 is 0 Å². The Bertz CT molecular complexity index is 745. The van der Waals surface area contributed by atoms with E-state index in [9.17, 15) is 13.2 Å². The van der Waals surface area contributed by atoms with Crippen LogP contribution < -0.4 is 4.48 Å². The van der Waals surface area contributed by atoms with Crippen molar-refractivity contribution in [1.82, 2.24) is 4.48 Å². The monoisotopic (exact) mass is 336 g/mol. The summed E-state index contributed by atoms with van der Waals surface area (Å²) in [4.78, 5) is 0. The first-order valence-electron chi connectivity index (χ1n) is 6.17. The van der Waals surface area contributed by atoms with Crippen molar-refractivity contribution in [2.45, 2.75) is 5.51 Å². The number of benzene rings is 2. The Morgan fingerprint density at radius 3 is 1.86 bits per heavy atom. The van der Waals surface area contributed by atoms with Crippen LogP contribution in [0, 0.1) is 0 Å². The fourth-order valence-electron chi connectivity index (χ4n) is 1.79. The number of fused-ring (bicyclic) bond motifs is 1. The van der Waals surface area contributed by atoms with Crippen LogP contribution in [0.2, 0.25) is 0 Å². The van der Waals surface area contributed by atoms with Crippen molar-refractivity contribution in [3.8, 4) is 0 Å². The van der Waals surface area contributed by atoms with Gasteiger partial charge in [0.15, 0.2) is 0 Å². The topological polar surface area (TPSA) is 54.4 Å². The summed E-state index contributed by atoms with van der Waals surface area (Å²) in [7, 11) is 0.748. The van der Waals surface area contributed by atoms with Crippen LogP contribution in [0.4, 0.5) is 18.9 Å². The number of nitrogens with zero attached hydrogens (tertiary/aromatic N) is 1. The molecule has 2 aromatic rings. The van der Waals surface area contributed by atoms with E-state index in [2.05, 4.69) is 63.6 Å². The Labute approximate surface area is 127 Å². The Kier molecular flexibility index (Phi) is 5.21. The van der Waals surface area contributed by atoms with Crippen LogP contribution in [0.15, 0.2) is 42.5 Å². The molecule has 0 aliphatic rings. The smallest absolute Gasteiger partial charge is 0.298 e. The van der Waals surface area contributed by atoms with Gasteiger partial charge in [0.05, 0.1) is 21.1 Å². The number of alkyl halides is 3. The summed E-state index contributed by atoms with van der Waals surface area (Å²) in [5, 5.41) is 2.67. The zero-order valence-corrected chi connectivity index (χ0v) is 13.1. The summed E-state index contributed by atoms with van der Waals surface area (Å²) in [6.07, 6.45) is 0. The molecule has 1 N–H and O–H groups in total. The van der Waals surface area contributed by atoms with E-state index in [1.807, 2.05) is 0 Å². The van der Waals surface area contributed by atoms with Crippen LogP contribution in [0.1, 0.15) is 0 Å². The minimum atomic E-state index is -5.84. The summed E-state index contributed by atoms with van der Waals surface area (Å²) >= 11 is 0. The van der Waals surface area contributed by atoms with Crippen LogP contribution in [0.3, 0.4) is 0 Å². The standard InChI is InChI=1S/C13H16N.CHF3O3S/c1-14(2,3)13-10-6-8-11-7-4-5-9-12(11)13;2-1(3,4)8(5,6)7/h4-10H,1-3H3;(H,5,6,7)/q+1;. The van der Waals surface area contributed by atoms with Crippen molar-refractivity contribution in [3.05, 3.63) is 42.5 Å². The lowest BCUT2D eigenvalue weighted by Crippen LogP contribution is -2.34. The molecule has 0 aliphatic carbocycles. The van der Waals surface area contributed by atoms with Gasteiger partial charge in [0.1, 0.15) is 5.69 Å². The minimum absolute atomic E-state index is 0.862. The number of halogens is 3. The predicted molar refractivity (Wildman–Crippen MR) is 81.1 cm³/mol. The van der Waals surface area contributed by atoms with E-state index in [0.29, 0.717) is 0 Å². The molecule has 2 aromatic carbocycles. The van der Waals surface area contributed by atoms with Crippen molar-refractivity contribution in [2.75, 3.05) is 21.1 Å². The molecule has 22 heavy (non-hydrogen) atoms. The van der Waals surface area contributed by atoms with E-state index < -0.39 is 15.6 Å². The van der Waals surface area contributed by atoms with Crippen molar-refractivity contribution >= 4 is 26.6 Å². The van der Waals surface area contributed by atoms with Crippen LogP contribution in [-0.4, -0.2) is 39.6 Å². The van der Waals surface area contributed by atoms with Gasteiger partial charge in [-0.25, -0.2) is 0 Å². The molecule has 0 aromatic heterocycles. The van der Waals surface area contributed by atoms with E-state index in [-0.39, 0.29) is 0 Å². The molecule has 8 heteroatoms. The van der Waals surface area contributed by atoms with Gasteiger partial charge < -0.3 is 0 Å². The Balaban J connectivity index is 0.000000261. The van der Waals surface area contributed by atoms with Crippen molar-refractivity contribution < 1.29 is 26.1 Å². The maximum Gasteiger partial charge on any atom is 0.522 e. The highest BCUT2D eigenvalue weighted by molar-refractivity contribution is 7.86. The first kappa shape index (κ1) is 18.4. The number of rotatable bonds is 1. The van der Waals surface area contributed by atoms with Gasteiger partial charge in [-0.05, 0) is 17.5 Å². The molecule has 122 valence electrons. The third-order valence-corrected chi connectivity index (χ3v) is 3.37. The number of hydrogen-bond acceptors (Lipinski definition) is 2. The fourth-order valence-corrected chi connectivity index (χ4v) is 1.79. The van der Waals surface area contributed by atoms with Crippen molar-refractivity contribution in [3.63, 3.8) is 0 Å². The summed E-state index contributed by atoms with van der Waals surface area (Å²) in [6, 6.07) is 15.0. The maximum atomic E-state index is 10.7. The highest BCUT2D eigenvalue weighted by Crippen LogP contribution is 2.27. The lowest BCUT2D eigenvalue weighted by atomic mass is 10.1. The Hall–Kier alpha value is -1.64. The van der Waals surface area contributed by atoms with E-state index >= 15 is 0 Å². The third kappa shape index (κ3) is 4.69. The van der Waals surface area contributed by atoms with Crippen molar-refractivity contribution in [2.24, 2.45) is 0 Å². The second-order valence-electron chi connectivity index (χ2n) is 5.43. The molecule has 0 amide bonds. The Morgan fingerprint density at radius 2 is 1.41 bits per heavy atom. The van der Waals surface area contributed by atoms with Gasteiger partial charge in [-0.3, -0.25) is 9.04 Å². The molecule has 0 aliphatic heterocycles. The molecule has 0 unspecified atom stereocenters. The van der Waals surface area contributed by atoms with Crippen LogP contribution in [-0.2, 0) is 10.1 Å². The molecule has 0 heterocycles. The molecular formula is C14H17F3NO3S+. The van der Waals surface area contributed by atoms with Gasteiger partial charge in [0, 0.05) is 5.39 Å². The minimum Gasteiger partial charge on any atom is -0.298 e. The van der Waals surface area contributed by atoms with Gasteiger partial charge in [0.25, 0.3) is 0 Å². The largest absolute Gasteiger partial charge is 0.522 e. The molecule has 0 saturated carbocycles. The van der Waals surface area contributed by atoms with Gasteiger partial charge >= 0.3 is 15.6 Å². The summed E-state index contributed by atoms with van der Waals surface area (Å²) < 4.78 is 58.4. The van der Waals surface area contributed by atoms with E-state index in [4.69, 9.17) is 13.0 Å². The molecule has 2 rings (SSSR count). The van der Waals surface area contributed by atoms with Gasteiger partial charge in [-0.15, -0.1) is 0 Å². The summed E-state index contributed by atoms with van der Waals surface area (Å²) in [5.74, 6) is 0. The highest BCUT2D eigenvalue weighted by Gasteiger charge is 2.44. The first-order valence-corrected chi connectivity index (χ1v) is 7.61. The second-order valence-corrected chi connectivity index (χ2v) is 6.84. The SMILES string of the molecule is C[N+](C)(C)c1cccc2ccccc12.O=S(=O)(O)C(F)(F)F. The van der Waals surface area contributed by atoms with E-state index in [0.717, 1.165) is 4.48 Å². The molecule has 4 nitrogen and oxygen atoms in total. The van der Waals surface area contributed by atoms with Crippen LogP contribution in [0.5, 0.6) is 0 Å². The molecule has 0 bridgehead atoms. The quantitative estimate of drug-likeness (QED) is 0.493. The third-order valence-electron chi connectivity index (χ3n) is 2.78. The maximum absolute atomic E-state index is 10.7. The van der Waals surface area contributed by atoms with E-state index in [1.54, 1.807) is 0 Å². The number of hydrogen-bond donors (Lipinski definition) is 1. The van der Waals surface area contributed by atoms with Gasteiger partial charge in [0.2, 0.25) is 0 Å². The van der Waals surface area contributed by atoms with Crippen LogP contribution in [0.25, 0.3) is 10.8 Å². The molecule has 0 saturated heterocycles. The average Bonchev–Trinajstić information content (AvgIpc) is 2.35. The normalized spacial score (nSPS) is 12.7. The predicted octanol–water partition coefficient (Wildman–Crippen LogP) is 3.43. The molecule has 0 radical (unpaired) electrons. The van der Waals surface area contributed by atoms with E-state index in [1.165, 1.54) is 16.5 Å². The first-order chi connectivity index (χ1) is 9.84. The summed E-state index contributed by atoms with van der Waals surface area (Å²) in [6.45, 7) is 0. The zero-order valence-electron chi connectivity index (χ0n) is 12.3. The zero-order chi connectivity index (χ0) is 17.2. The molecule has 0 atom stereocenters. The van der Waals surface area contributed by atoms with Gasteiger partial charge in [-0.1, -0.05) is 30.3 Å². The molecule has 0 fully saturated rings. The lowest BCUT2D eigenvalue weighted by molar-refractivity contribution is -0.0510. The average molecular weight is 336 g/mol. The molecule has 0 spiro atoms. The Morgan fingerprint density at radius 1 is 0.955 bits per heavy atom. The molecular weight excluding hydrogens is 319 g/mol.